The van der Waals surface area contributed by atoms with Gasteiger partial charge in [-0.05, 0) is 39.8 Å². The number of amides is 1. The van der Waals surface area contributed by atoms with Gasteiger partial charge in [0.15, 0.2) is 6.10 Å². The van der Waals surface area contributed by atoms with Crippen molar-refractivity contribution in [3.8, 4) is 11.9 Å². The molecule has 1 aromatic rings. The molecule has 0 saturated heterocycles. The van der Waals surface area contributed by atoms with Gasteiger partial charge in [0.25, 0.3) is 0 Å². The van der Waals surface area contributed by atoms with E-state index in [2.05, 4.69) is 4.98 Å². The molecule has 0 aliphatic rings. The lowest BCUT2D eigenvalue weighted by atomic mass is 10.2. The summed E-state index contributed by atoms with van der Waals surface area (Å²) in [7, 11) is 1.34. The molecule has 0 aromatic carbocycles. The van der Waals surface area contributed by atoms with Gasteiger partial charge in [-0.1, -0.05) is 0 Å². The minimum atomic E-state index is -4.69. The molecular formula is C17H22F3N3O3. The van der Waals surface area contributed by atoms with E-state index in [1.165, 1.54) is 19.2 Å². The maximum Gasteiger partial charge on any atom is 0.425 e. The fourth-order valence-electron chi connectivity index (χ4n) is 1.87. The standard InChI is InChI=1S/C17H22F3N3O3/c1-11-6-7-12(10-21)14(22-11)25-13(17(18,19)20)8-9-23(5)15(24)26-16(2,3)4/h6-7,13H,8-9H2,1-5H3. The van der Waals surface area contributed by atoms with Crippen LogP contribution < -0.4 is 4.74 Å². The van der Waals surface area contributed by atoms with Crippen LogP contribution in [-0.2, 0) is 4.74 Å². The van der Waals surface area contributed by atoms with E-state index < -0.39 is 30.4 Å². The zero-order valence-electron chi connectivity index (χ0n) is 15.3. The van der Waals surface area contributed by atoms with Crippen molar-refractivity contribution in [3.05, 3.63) is 23.4 Å². The van der Waals surface area contributed by atoms with Gasteiger partial charge in [0.05, 0.1) is 0 Å². The van der Waals surface area contributed by atoms with Gasteiger partial charge >= 0.3 is 12.3 Å². The van der Waals surface area contributed by atoms with Gasteiger partial charge in [-0.2, -0.15) is 18.4 Å². The third-order valence-electron chi connectivity index (χ3n) is 3.17. The molecule has 1 atom stereocenters. The number of rotatable bonds is 5. The second-order valence-corrected chi connectivity index (χ2v) is 6.76. The van der Waals surface area contributed by atoms with Crippen molar-refractivity contribution in [2.75, 3.05) is 13.6 Å². The summed E-state index contributed by atoms with van der Waals surface area (Å²) in [5, 5.41) is 9.00. The molecule has 6 nitrogen and oxygen atoms in total. The lowest BCUT2D eigenvalue weighted by Gasteiger charge is -2.27. The summed E-state index contributed by atoms with van der Waals surface area (Å²) in [6.45, 7) is 6.31. The Morgan fingerprint density at radius 3 is 2.46 bits per heavy atom. The molecule has 0 saturated carbocycles. The van der Waals surface area contributed by atoms with Crippen LogP contribution in [0.1, 0.15) is 38.4 Å². The first-order chi connectivity index (χ1) is 11.8. The molecule has 1 aromatic heterocycles. The minimum absolute atomic E-state index is 0.0923. The predicted octanol–water partition coefficient (Wildman–Crippen LogP) is 3.83. The molecule has 144 valence electrons. The lowest BCUT2D eigenvalue weighted by Crippen LogP contribution is -2.40. The van der Waals surface area contributed by atoms with Crippen molar-refractivity contribution >= 4 is 6.09 Å². The number of nitriles is 1. The monoisotopic (exact) mass is 373 g/mol. The van der Waals surface area contributed by atoms with E-state index in [4.69, 9.17) is 14.7 Å². The van der Waals surface area contributed by atoms with E-state index in [0.717, 1.165) is 4.90 Å². The highest BCUT2D eigenvalue weighted by Crippen LogP contribution is 2.28. The molecule has 1 heterocycles. The Labute approximate surface area is 150 Å². The van der Waals surface area contributed by atoms with E-state index in [0.29, 0.717) is 5.69 Å². The highest BCUT2D eigenvalue weighted by atomic mass is 19.4. The number of halogens is 3. The summed E-state index contributed by atoms with van der Waals surface area (Å²) in [6, 6.07) is 4.60. The average molecular weight is 373 g/mol. The van der Waals surface area contributed by atoms with Crippen LogP contribution in [0.4, 0.5) is 18.0 Å². The zero-order chi connectivity index (χ0) is 20.1. The van der Waals surface area contributed by atoms with E-state index in [-0.39, 0.29) is 18.0 Å². The van der Waals surface area contributed by atoms with Crippen LogP contribution >= 0.6 is 0 Å². The number of carbonyl (C=O) groups is 1. The molecule has 1 rings (SSSR count). The van der Waals surface area contributed by atoms with Gasteiger partial charge in [0.1, 0.15) is 17.2 Å². The number of pyridine rings is 1. The van der Waals surface area contributed by atoms with Gasteiger partial charge in [0, 0.05) is 25.7 Å². The highest BCUT2D eigenvalue weighted by molar-refractivity contribution is 5.67. The number of carbonyl (C=O) groups excluding carboxylic acids is 1. The Morgan fingerprint density at radius 2 is 1.96 bits per heavy atom. The van der Waals surface area contributed by atoms with Crippen molar-refractivity contribution in [2.45, 2.75) is 52.0 Å². The number of nitrogens with zero attached hydrogens (tertiary/aromatic N) is 3. The number of ether oxygens (including phenoxy) is 2. The average Bonchev–Trinajstić information content (AvgIpc) is 2.48. The van der Waals surface area contributed by atoms with Crippen LogP contribution in [0.5, 0.6) is 5.88 Å². The third kappa shape index (κ3) is 6.78. The first-order valence-corrected chi connectivity index (χ1v) is 7.88. The topological polar surface area (TPSA) is 75.5 Å². The molecule has 1 amide bonds. The van der Waals surface area contributed by atoms with Gasteiger partial charge < -0.3 is 14.4 Å². The predicted molar refractivity (Wildman–Crippen MR) is 87.6 cm³/mol. The maximum absolute atomic E-state index is 13.3. The minimum Gasteiger partial charge on any atom is -0.464 e. The summed E-state index contributed by atoms with van der Waals surface area (Å²) in [4.78, 5) is 16.8. The van der Waals surface area contributed by atoms with Crippen LogP contribution in [0.15, 0.2) is 12.1 Å². The normalized spacial score (nSPS) is 12.9. The molecule has 0 fully saturated rings. The molecule has 0 spiro atoms. The fourth-order valence-corrected chi connectivity index (χ4v) is 1.87. The van der Waals surface area contributed by atoms with Crippen molar-refractivity contribution in [1.82, 2.24) is 9.88 Å². The first-order valence-electron chi connectivity index (χ1n) is 7.88. The Bertz CT molecular complexity index is 679. The summed E-state index contributed by atoms with van der Waals surface area (Å²) in [6.07, 6.45) is -8.16. The fraction of sp³-hybridized carbons (Fsp3) is 0.588. The van der Waals surface area contributed by atoms with Crippen LogP contribution in [0.25, 0.3) is 0 Å². The molecule has 26 heavy (non-hydrogen) atoms. The van der Waals surface area contributed by atoms with Gasteiger partial charge in [-0.3, -0.25) is 0 Å². The first kappa shape index (κ1) is 21.5. The largest absolute Gasteiger partial charge is 0.464 e. The molecule has 9 heteroatoms. The van der Waals surface area contributed by atoms with Gasteiger partial charge in [-0.15, -0.1) is 0 Å². The number of hydrogen-bond donors (Lipinski definition) is 0. The second kappa shape index (κ2) is 8.25. The van der Waals surface area contributed by atoms with Gasteiger partial charge in [-0.25, -0.2) is 9.78 Å². The van der Waals surface area contributed by atoms with E-state index in [1.54, 1.807) is 33.8 Å². The van der Waals surface area contributed by atoms with Crippen LogP contribution in [0.2, 0.25) is 0 Å². The molecule has 0 N–H and O–H groups in total. The number of aromatic nitrogens is 1. The van der Waals surface area contributed by atoms with Crippen molar-refractivity contribution < 1.29 is 27.4 Å². The highest BCUT2D eigenvalue weighted by Gasteiger charge is 2.42. The summed E-state index contributed by atoms with van der Waals surface area (Å²) in [5.74, 6) is -0.380. The number of alkyl halides is 3. The Kier molecular flexibility index (Phi) is 6.84. The Hall–Kier alpha value is -2.50. The van der Waals surface area contributed by atoms with Gasteiger partial charge in [0.2, 0.25) is 5.88 Å². The molecule has 1 unspecified atom stereocenters. The lowest BCUT2D eigenvalue weighted by molar-refractivity contribution is -0.198. The van der Waals surface area contributed by atoms with Crippen molar-refractivity contribution in [2.24, 2.45) is 0 Å². The summed E-state index contributed by atoms with van der Waals surface area (Å²) < 4.78 is 50.0. The summed E-state index contributed by atoms with van der Waals surface area (Å²) >= 11 is 0. The third-order valence-corrected chi connectivity index (χ3v) is 3.17. The SMILES string of the molecule is Cc1ccc(C#N)c(OC(CCN(C)C(=O)OC(C)(C)C)C(F)(F)F)n1. The second-order valence-electron chi connectivity index (χ2n) is 6.76. The number of aryl methyl sites for hydroxylation is 1. The molecule has 0 aliphatic carbocycles. The van der Waals surface area contributed by atoms with E-state index in [1.807, 2.05) is 0 Å². The Balaban J connectivity index is 2.86. The van der Waals surface area contributed by atoms with Crippen LogP contribution in [-0.4, -0.2) is 47.5 Å². The molecule has 0 bridgehead atoms. The van der Waals surface area contributed by atoms with Crippen LogP contribution in [0.3, 0.4) is 0 Å². The maximum atomic E-state index is 13.3. The molecule has 0 radical (unpaired) electrons. The zero-order valence-corrected chi connectivity index (χ0v) is 15.3. The summed E-state index contributed by atoms with van der Waals surface area (Å²) in [5.41, 5.74) is -0.422. The van der Waals surface area contributed by atoms with Crippen LogP contribution in [0, 0.1) is 18.3 Å². The van der Waals surface area contributed by atoms with Crippen molar-refractivity contribution in [3.63, 3.8) is 0 Å². The Morgan fingerprint density at radius 1 is 1.35 bits per heavy atom. The van der Waals surface area contributed by atoms with Crippen molar-refractivity contribution in [1.29, 1.82) is 5.26 Å². The smallest absolute Gasteiger partial charge is 0.425 e. The quantitative estimate of drug-likeness (QED) is 0.784. The molecular weight excluding hydrogens is 351 g/mol. The number of hydrogen-bond acceptors (Lipinski definition) is 5. The van der Waals surface area contributed by atoms with E-state index >= 15 is 0 Å². The van der Waals surface area contributed by atoms with E-state index in [9.17, 15) is 18.0 Å². The molecule has 0 aliphatic heterocycles.